The predicted molar refractivity (Wildman–Crippen MR) is 142 cm³/mol. The molecule has 0 fully saturated rings. The van der Waals surface area contributed by atoms with Crippen molar-refractivity contribution in [1.82, 2.24) is 10.2 Å². The van der Waals surface area contributed by atoms with E-state index in [1.165, 1.54) is 4.90 Å². The summed E-state index contributed by atoms with van der Waals surface area (Å²) in [6, 6.07) is 9.34. The summed E-state index contributed by atoms with van der Waals surface area (Å²) in [6.45, 7) is 8.61. The maximum atomic E-state index is 13.6. The molecule has 10 heteroatoms. The van der Waals surface area contributed by atoms with Crippen molar-refractivity contribution in [3.8, 4) is 0 Å². The fourth-order valence-electron chi connectivity index (χ4n) is 3.46. The Morgan fingerprint density at radius 1 is 1.06 bits per heavy atom. The molecule has 2 aromatic carbocycles. The van der Waals surface area contributed by atoms with E-state index in [2.05, 4.69) is 5.32 Å². The van der Waals surface area contributed by atoms with E-state index >= 15 is 0 Å². The van der Waals surface area contributed by atoms with Gasteiger partial charge in [-0.3, -0.25) is 13.9 Å². The summed E-state index contributed by atoms with van der Waals surface area (Å²) in [6.07, 6.45) is 1.78. The number of carbonyl (C=O) groups is 2. The summed E-state index contributed by atoms with van der Waals surface area (Å²) in [4.78, 5) is 27.9. The zero-order valence-corrected chi connectivity index (χ0v) is 23.3. The molecule has 0 aromatic heterocycles. The molecule has 35 heavy (non-hydrogen) atoms. The molecule has 1 N–H and O–H groups in total. The number of nitrogens with zero attached hydrogens (tertiary/aromatic N) is 2. The molecular formula is C25H33Cl2N3O4S. The van der Waals surface area contributed by atoms with E-state index in [1.807, 2.05) is 26.8 Å². The van der Waals surface area contributed by atoms with Crippen LogP contribution in [0.25, 0.3) is 0 Å². The molecule has 192 valence electrons. The second-order valence-electron chi connectivity index (χ2n) is 8.81. The van der Waals surface area contributed by atoms with Crippen LogP contribution in [-0.2, 0) is 26.2 Å². The highest BCUT2D eigenvalue weighted by Gasteiger charge is 2.31. The van der Waals surface area contributed by atoms with Crippen molar-refractivity contribution >= 4 is 50.7 Å². The number of rotatable bonds is 10. The van der Waals surface area contributed by atoms with Gasteiger partial charge in [0.05, 0.1) is 11.9 Å². The van der Waals surface area contributed by atoms with Gasteiger partial charge in [-0.2, -0.15) is 0 Å². The van der Waals surface area contributed by atoms with Crippen molar-refractivity contribution < 1.29 is 18.0 Å². The zero-order chi connectivity index (χ0) is 26.5. The minimum Gasteiger partial charge on any atom is -0.352 e. The average Bonchev–Trinajstić information content (AvgIpc) is 2.77. The van der Waals surface area contributed by atoms with Gasteiger partial charge in [-0.1, -0.05) is 48.3 Å². The van der Waals surface area contributed by atoms with Gasteiger partial charge in [0.25, 0.3) is 0 Å². The fourth-order valence-corrected chi connectivity index (χ4v) is 4.83. The van der Waals surface area contributed by atoms with Gasteiger partial charge in [0, 0.05) is 22.6 Å². The van der Waals surface area contributed by atoms with Crippen molar-refractivity contribution in [2.45, 2.75) is 59.7 Å². The molecule has 2 aromatic rings. The smallest absolute Gasteiger partial charge is 0.244 e. The van der Waals surface area contributed by atoms with Gasteiger partial charge < -0.3 is 10.2 Å². The Bertz CT molecular complexity index is 1190. The van der Waals surface area contributed by atoms with Crippen LogP contribution in [0.15, 0.2) is 36.4 Å². The third-order valence-electron chi connectivity index (χ3n) is 5.84. The second-order valence-corrected chi connectivity index (χ2v) is 11.6. The van der Waals surface area contributed by atoms with Crippen LogP contribution in [0.1, 0.15) is 43.9 Å². The number of sulfonamides is 1. The van der Waals surface area contributed by atoms with Crippen LogP contribution in [0.2, 0.25) is 10.0 Å². The lowest BCUT2D eigenvalue weighted by molar-refractivity contribution is -0.139. The molecular weight excluding hydrogens is 509 g/mol. The first kappa shape index (κ1) is 28.9. The van der Waals surface area contributed by atoms with Crippen LogP contribution < -0.4 is 9.62 Å². The van der Waals surface area contributed by atoms with E-state index in [1.54, 1.807) is 44.2 Å². The Hall–Kier alpha value is -2.29. The predicted octanol–water partition coefficient (Wildman–Crippen LogP) is 4.71. The van der Waals surface area contributed by atoms with E-state index in [9.17, 15) is 18.0 Å². The Morgan fingerprint density at radius 2 is 1.71 bits per heavy atom. The van der Waals surface area contributed by atoms with Gasteiger partial charge in [0.2, 0.25) is 21.8 Å². The molecule has 0 saturated heterocycles. The van der Waals surface area contributed by atoms with E-state index in [0.29, 0.717) is 26.9 Å². The van der Waals surface area contributed by atoms with Crippen LogP contribution in [0.4, 0.5) is 5.69 Å². The molecule has 7 nitrogen and oxygen atoms in total. The normalized spacial score (nSPS) is 13.1. The number of hydrogen-bond acceptors (Lipinski definition) is 4. The molecule has 0 aliphatic rings. The van der Waals surface area contributed by atoms with Crippen molar-refractivity contribution in [3.05, 3.63) is 63.1 Å². The summed E-state index contributed by atoms with van der Waals surface area (Å²) < 4.78 is 26.5. The molecule has 0 aliphatic heterocycles. The van der Waals surface area contributed by atoms with Crippen LogP contribution in [0.3, 0.4) is 0 Å². The van der Waals surface area contributed by atoms with E-state index < -0.39 is 28.5 Å². The number of benzene rings is 2. The molecule has 0 saturated carbocycles. The van der Waals surface area contributed by atoms with E-state index in [0.717, 1.165) is 22.5 Å². The first-order valence-corrected chi connectivity index (χ1v) is 13.9. The minimum atomic E-state index is -3.80. The van der Waals surface area contributed by atoms with Crippen LogP contribution >= 0.6 is 23.2 Å². The highest BCUT2D eigenvalue weighted by Crippen LogP contribution is 2.26. The van der Waals surface area contributed by atoms with Crippen molar-refractivity contribution in [2.75, 3.05) is 17.1 Å². The Labute approximate surface area is 218 Å². The molecule has 0 bridgehead atoms. The molecule has 0 aliphatic carbocycles. The number of carbonyl (C=O) groups excluding carboxylic acids is 2. The monoisotopic (exact) mass is 541 g/mol. The zero-order valence-electron chi connectivity index (χ0n) is 20.9. The summed E-state index contributed by atoms with van der Waals surface area (Å²) in [7, 11) is -3.80. The molecule has 2 amide bonds. The van der Waals surface area contributed by atoms with Gasteiger partial charge in [0.1, 0.15) is 12.6 Å². The second kappa shape index (κ2) is 12.1. The van der Waals surface area contributed by atoms with Gasteiger partial charge >= 0.3 is 0 Å². The first-order valence-electron chi connectivity index (χ1n) is 11.3. The third kappa shape index (κ3) is 7.85. The molecule has 0 heterocycles. The average molecular weight is 543 g/mol. The van der Waals surface area contributed by atoms with Gasteiger partial charge in [-0.25, -0.2) is 8.42 Å². The quantitative estimate of drug-likeness (QED) is 0.471. The molecule has 2 atom stereocenters. The van der Waals surface area contributed by atoms with Crippen LogP contribution in [0.5, 0.6) is 0 Å². The number of nitrogens with one attached hydrogen (secondary N) is 1. The topological polar surface area (TPSA) is 86.8 Å². The number of amides is 2. The van der Waals surface area contributed by atoms with Gasteiger partial charge in [-0.05, 0) is 69.0 Å². The van der Waals surface area contributed by atoms with Crippen molar-refractivity contribution in [1.29, 1.82) is 0 Å². The maximum Gasteiger partial charge on any atom is 0.244 e. The standard InChI is InChI=1S/C25H33Cl2N3O4S/c1-7-18(4)28-25(32)19(5)29(14-20-10-11-21(26)13-22(20)27)24(31)15-30(35(6,33)34)23-12-16(2)8-9-17(23)3/h8-13,18-19H,7,14-15H2,1-6H3,(H,28,32)/t18-,19+/m1/s1. The fraction of sp³-hybridized carbons (Fsp3) is 0.440. The number of hydrogen-bond donors (Lipinski definition) is 1. The van der Waals surface area contributed by atoms with E-state index in [4.69, 9.17) is 23.2 Å². The molecule has 0 radical (unpaired) electrons. The lowest BCUT2D eigenvalue weighted by Crippen LogP contribution is -2.52. The van der Waals surface area contributed by atoms with E-state index in [-0.39, 0.29) is 18.5 Å². The number of aryl methyl sites for hydroxylation is 2. The number of halogens is 2. The highest BCUT2D eigenvalue weighted by atomic mass is 35.5. The summed E-state index contributed by atoms with van der Waals surface area (Å²) >= 11 is 12.4. The minimum absolute atomic E-state index is 0.00826. The lowest BCUT2D eigenvalue weighted by atomic mass is 10.1. The first-order chi connectivity index (χ1) is 16.2. The summed E-state index contributed by atoms with van der Waals surface area (Å²) in [5.41, 5.74) is 2.58. The number of anilines is 1. The van der Waals surface area contributed by atoms with Gasteiger partial charge in [-0.15, -0.1) is 0 Å². The largest absolute Gasteiger partial charge is 0.352 e. The summed E-state index contributed by atoms with van der Waals surface area (Å²) in [5.74, 6) is -0.871. The van der Waals surface area contributed by atoms with Crippen LogP contribution in [-0.4, -0.2) is 50.0 Å². The Kier molecular flexibility index (Phi) is 10.0. The third-order valence-corrected chi connectivity index (χ3v) is 7.55. The van der Waals surface area contributed by atoms with Gasteiger partial charge in [0.15, 0.2) is 0 Å². The Morgan fingerprint density at radius 3 is 2.29 bits per heavy atom. The summed E-state index contributed by atoms with van der Waals surface area (Å²) in [5, 5.41) is 3.68. The van der Waals surface area contributed by atoms with Crippen molar-refractivity contribution in [2.24, 2.45) is 0 Å². The lowest BCUT2D eigenvalue weighted by Gasteiger charge is -2.32. The maximum absolute atomic E-state index is 13.6. The molecule has 0 unspecified atom stereocenters. The molecule has 0 spiro atoms. The Balaban J connectivity index is 2.47. The SMILES string of the molecule is CC[C@@H](C)NC(=O)[C@H](C)N(Cc1ccc(Cl)cc1Cl)C(=O)CN(c1cc(C)ccc1C)S(C)(=O)=O. The highest BCUT2D eigenvalue weighted by molar-refractivity contribution is 7.92. The van der Waals surface area contributed by atoms with Crippen LogP contribution in [0, 0.1) is 13.8 Å². The van der Waals surface area contributed by atoms with Crippen molar-refractivity contribution in [3.63, 3.8) is 0 Å². The molecule has 2 rings (SSSR count).